The van der Waals surface area contributed by atoms with E-state index < -0.39 is 49.6 Å². The smallest absolute Gasteiger partial charge is 0.390 e. The fourth-order valence-corrected chi connectivity index (χ4v) is 0.902. The summed E-state index contributed by atoms with van der Waals surface area (Å²) in [6, 6.07) is -2.87. The van der Waals surface area contributed by atoms with Crippen molar-refractivity contribution in [2.45, 2.75) is 25.1 Å². The second-order valence-electron chi connectivity index (χ2n) is 3.25. The monoisotopic (exact) mass is 272 g/mol. The molecule has 18 heavy (non-hydrogen) atoms. The van der Waals surface area contributed by atoms with Gasteiger partial charge in [0.25, 0.3) is 0 Å². The van der Waals surface area contributed by atoms with Gasteiger partial charge in [0.2, 0.25) is 0 Å². The standard InChI is InChI=1S/C8H11F3N2O5/c9-8(10,11)1-2-12-7(18)13-4(6(16)17)3-5(14)15/h4H,1-3H2,(H,14,15)(H,16,17)(H2,12,13,18)/t4-/m0/s1. The molecule has 0 aromatic heterocycles. The van der Waals surface area contributed by atoms with E-state index in [4.69, 9.17) is 10.2 Å². The SMILES string of the molecule is O=C(O)C[C@H](NC(=O)NCCC(F)(F)F)C(=O)O. The van der Waals surface area contributed by atoms with Crippen LogP contribution >= 0.6 is 0 Å². The van der Waals surface area contributed by atoms with E-state index in [0.29, 0.717) is 0 Å². The van der Waals surface area contributed by atoms with Crippen molar-refractivity contribution in [1.82, 2.24) is 10.6 Å². The largest absolute Gasteiger partial charge is 0.481 e. The highest BCUT2D eigenvalue weighted by Gasteiger charge is 2.27. The molecular weight excluding hydrogens is 261 g/mol. The molecule has 2 amide bonds. The van der Waals surface area contributed by atoms with Crippen LogP contribution in [0, 0.1) is 0 Å². The molecule has 0 heterocycles. The Morgan fingerprint density at radius 3 is 2.11 bits per heavy atom. The summed E-state index contributed by atoms with van der Waals surface area (Å²) in [5.74, 6) is -3.05. The molecule has 0 fully saturated rings. The normalized spacial score (nSPS) is 12.6. The average molecular weight is 272 g/mol. The number of carbonyl (C=O) groups is 3. The Labute approximate surface area is 99.0 Å². The maximum atomic E-state index is 11.7. The number of hydrogen-bond donors (Lipinski definition) is 4. The van der Waals surface area contributed by atoms with Crippen LogP contribution in [0.4, 0.5) is 18.0 Å². The lowest BCUT2D eigenvalue weighted by Gasteiger charge is -2.13. The number of nitrogens with one attached hydrogen (secondary N) is 2. The van der Waals surface area contributed by atoms with Crippen LogP contribution in [0.1, 0.15) is 12.8 Å². The topological polar surface area (TPSA) is 116 Å². The van der Waals surface area contributed by atoms with Crippen LogP contribution in [0.2, 0.25) is 0 Å². The Bertz CT molecular complexity index is 331. The number of carboxylic acids is 2. The van der Waals surface area contributed by atoms with Gasteiger partial charge in [-0.15, -0.1) is 0 Å². The van der Waals surface area contributed by atoms with E-state index >= 15 is 0 Å². The molecule has 0 aromatic rings. The second kappa shape index (κ2) is 6.67. The Balaban J connectivity index is 4.11. The van der Waals surface area contributed by atoms with Crippen LogP contribution in [0.15, 0.2) is 0 Å². The van der Waals surface area contributed by atoms with Gasteiger partial charge in [0.15, 0.2) is 0 Å². The quantitative estimate of drug-likeness (QED) is 0.550. The highest BCUT2D eigenvalue weighted by atomic mass is 19.4. The number of amides is 2. The predicted octanol–water partition coefficient (Wildman–Crippen LogP) is 0.166. The molecule has 4 N–H and O–H groups in total. The summed E-state index contributed by atoms with van der Waals surface area (Å²) < 4.78 is 35.2. The molecule has 0 saturated heterocycles. The highest BCUT2D eigenvalue weighted by molar-refractivity contribution is 5.86. The first-order chi connectivity index (χ1) is 8.11. The van der Waals surface area contributed by atoms with E-state index in [9.17, 15) is 27.6 Å². The molecule has 0 bridgehead atoms. The zero-order chi connectivity index (χ0) is 14.3. The molecule has 0 unspecified atom stereocenters. The Morgan fingerprint density at radius 1 is 1.17 bits per heavy atom. The van der Waals surface area contributed by atoms with Crippen molar-refractivity contribution < 1.29 is 37.8 Å². The minimum absolute atomic E-state index is 0.727. The minimum atomic E-state index is -4.44. The number of urea groups is 1. The number of carboxylic acid groups (broad SMARTS) is 2. The minimum Gasteiger partial charge on any atom is -0.481 e. The summed E-state index contributed by atoms with van der Waals surface area (Å²) >= 11 is 0. The number of alkyl halides is 3. The molecule has 0 radical (unpaired) electrons. The van der Waals surface area contributed by atoms with Crippen molar-refractivity contribution in [2.75, 3.05) is 6.54 Å². The second-order valence-corrected chi connectivity index (χ2v) is 3.25. The summed E-state index contributed by atoms with van der Waals surface area (Å²) in [7, 11) is 0. The molecule has 0 saturated carbocycles. The van der Waals surface area contributed by atoms with E-state index in [0.717, 1.165) is 0 Å². The average Bonchev–Trinajstić information content (AvgIpc) is 2.13. The summed E-state index contributed by atoms with van der Waals surface area (Å²) in [5.41, 5.74) is 0. The third-order valence-electron chi connectivity index (χ3n) is 1.68. The van der Waals surface area contributed by atoms with Crippen LogP contribution in [0.3, 0.4) is 0 Å². The van der Waals surface area contributed by atoms with Crippen molar-refractivity contribution in [2.24, 2.45) is 0 Å². The fraction of sp³-hybridized carbons (Fsp3) is 0.625. The molecule has 0 rings (SSSR count). The van der Waals surface area contributed by atoms with Crippen molar-refractivity contribution in [3.8, 4) is 0 Å². The van der Waals surface area contributed by atoms with E-state index in [2.05, 4.69) is 0 Å². The third kappa shape index (κ3) is 8.19. The lowest BCUT2D eigenvalue weighted by atomic mass is 10.2. The van der Waals surface area contributed by atoms with Crippen molar-refractivity contribution in [3.63, 3.8) is 0 Å². The van der Waals surface area contributed by atoms with Crippen molar-refractivity contribution in [3.05, 3.63) is 0 Å². The van der Waals surface area contributed by atoms with Crippen LogP contribution < -0.4 is 10.6 Å². The number of halogens is 3. The predicted molar refractivity (Wildman–Crippen MR) is 50.9 cm³/mol. The molecule has 7 nitrogen and oxygen atoms in total. The van der Waals surface area contributed by atoms with Crippen LogP contribution in [0.5, 0.6) is 0 Å². The van der Waals surface area contributed by atoms with E-state index in [-0.39, 0.29) is 0 Å². The van der Waals surface area contributed by atoms with Gasteiger partial charge in [0.05, 0.1) is 12.8 Å². The van der Waals surface area contributed by atoms with Crippen LogP contribution in [-0.4, -0.2) is 46.9 Å². The molecule has 104 valence electrons. The van der Waals surface area contributed by atoms with Crippen LogP contribution in [-0.2, 0) is 9.59 Å². The lowest BCUT2D eigenvalue weighted by molar-refractivity contribution is -0.145. The first kappa shape index (κ1) is 16.0. The number of hydrogen-bond acceptors (Lipinski definition) is 3. The third-order valence-corrected chi connectivity index (χ3v) is 1.68. The molecule has 0 spiro atoms. The van der Waals surface area contributed by atoms with Gasteiger partial charge in [-0.1, -0.05) is 0 Å². The molecular formula is C8H11F3N2O5. The van der Waals surface area contributed by atoms with E-state index in [1.165, 1.54) is 0 Å². The van der Waals surface area contributed by atoms with Crippen molar-refractivity contribution >= 4 is 18.0 Å². The van der Waals surface area contributed by atoms with Gasteiger partial charge >= 0.3 is 24.1 Å². The van der Waals surface area contributed by atoms with E-state index in [1.54, 1.807) is 10.6 Å². The van der Waals surface area contributed by atoms with Gasteiger partial charge in [-0.25, -0.2) is 9.59 Å². The Hall–Kier alpha value is -2.00. The molecule has 0 aliphatic carbocycles. The number of rotatable bonds is 6. The lowest BCUT2D eigenvalue weighted by Crippen LogP contribution is -2.47. The van der Waals surface area contributed by atoms with E-state index in [1.807, 2.05) is 0 Å². The van der Waals surface area contributed by atoms with Crippen LogP contribution in [0.25, 0.3) is 0 Å². The summed E-state index contributed by atoms with van der Waals surface area (Å²) in [6.45, 7) is -0.727. The van der Waals surface area contributed by atoms with Gasteiger partial charge in [-0.3, -0.25) is 4.79 Å². The van der Waals surface area contributed by atoms with Gasteiger partial charge in [-0.05, 0) is 0 Å². The Kier molecular flexibility index (Phi) is 5.93. The highest BCUT2D eigenvalue weighted by Crippen LogP contribution is 2.17. The maximum Gasteiger partial charge on any atom is 0.390 e. The first-order valence-corrected chi connectivity index (χ1v) is 4.67. The molecule has 10 heteroatoms. The molecule has 0 aliphatic rings. The molecule has 1 atom stereocenters. The number of aliphatic carboxylic acids is 2. The summed E-state index contributed by atoms with van der Waals surface area (Å²) in [4.78, 5) is 31.8. The zero-order valence-electron chi connectivity index (χ0n) is 8.95. The fourth-order valence-electron chi connectivity index (χ4n) is 0.902. The van der Waals surface area contributed by atoms with Gasteiger partial charge < -0.3 is 20.8 Å². The van der Waals surface area contributed by atoms with Gasteiger partial charge in [0.1, 0.15) is 6.04 Å². The Morgan fingerprint density at radius 2 is 1.72 bits per heavy atom. The zero-order valence-corrected chi connectivity index (χ0v) is 8.95. The molecule has 0 aliphatic heterocycles. The maximum absolute atomic E-state index is 11.7. The first-order valence-electron chi connectivity index (χ1n) is 4.67. The number of carbonyl (C=O) groups excluding carboxylic acids is 1. The molecule has 0 aromatic carbocycles. The summed E-state index contributed by atoms with van der Waals surface area (Å²) in [6.07, 6.45) is -6.58. The van der Waals surface area contributed by atoms with Gasteiger partial charge in [-0.2, -0.15) is 13.2 Å². The van der Waals surface area contributed by atoms with Gasteiger partial charge in [0, 0.05) is 6.54 Å². The van der Waals surface area contributed by atoms with Crippen molar-refractivity contribution in [1.29, 1.82) is 0 Å². The summed E-state index contributed by atoms with van der Waals surface area (Å²) in [5, 5.41) is 20.4.